The van der Waals surface area contributed by atoms with Gasteiger partial charge < -0.3 is 9.84 Å². The maximum Gasteiger partial charge on any atom is 0.212 e. The van der Waals surface area contributed by atoms with Crippen molar-refractivity contribution in [2.45, 2.75) is 18.4 Å². The van der Waals surface area contributed by atoms with E-state index in [1.807, 2.05) is 42.5 Å². The Morgan fingerprint density at radius 3 is 2.58 bits per heavy atom. The standard InChI is InChI=1S/C18H21NO4S/c20-18(11-12-23-17-9-5-4-8-16(17)18)14-19-24(21,22)13-10-15-6-2-1-3-7-15/h1-9,19-20H,10-14H2/t18-/m1/s1. The minimum Gasteiger partial charge on any atom is -0.493 e. The number of rotatable bonds is 6. The van der Waals surface area contributed by atoms with Gasteiger partial charge in [-0.1, -0.05) is 48.5 Å². The molecule has 0 bridgehead atoms. The van der Waals surface area contributed by atoms with Crippen LogP contribution in [0.3, 0.4) is 0 Å². The first-order valence-corrected chi connectivity index (χ1v) is 9.60. The number of benzene rings is 2. The monoisotopic (exact) mass is 347 g/mol. The van der Waals surface area contributed by atoms with Gasteiger partial charge in [0.2, 0.25) is 10.0 Å². The van der Waals surface area contributed by atoms with E-state index in [1.165, 1.54) is 0 Å². The third kappa shape index (κ3) is 3.95. The van der Waals surface area contributed by atoms with Crippen molar-refractivity contribution in [3.63, 3.8) is 0 Å². The number of fused-ring (bicyclic) bond motifs is 1. The molecule has 5 nitrogen and oxygen atoms in total. The van der Waals surface area contributed by atoms with E-state index in [2.05, 4.69) is 4.72 Å². The smallest absolute Gasteiger partial charge is 0.212 e. The number of ether oxygens (including phenoxy) is 1. The molecule has 2 aromatic carbocycles. The van der Waals surface area contributed by atoms with Crippen LogP contribution in [0.15, 0.2) is 54.6 Å². The molecule has 2 aromatic rings. The molecule has 0 unspecified atom stereocenters. The zero-order chi connectivity index (χ0) is 17.0. The van der Waals surface area contributed by atoms with Crippen LogP contribution in [-0.2, 0) is 22.0 Å². The van der Waals surface area contributed by atoms with Gasteiger partial charge in [-0.2, -0.15) is 0 Å². The summed E-state index contributed by atoms with van der Waals surface area (Å²) in [6.07, 6.45) is 0.791. The van der Waals surface area contributed by atoms with Gasteiger partial charge in [0.05, 0.1) is 12.4 Å². The molecule has 0 radical (unpaired) electrons. The van der Waals surface area contributed by atoms with Crippen LogP contribution in [0.5, 0.6) is 5.75 Å². The predicted octanol–water partition coefficient (Wildman–Crippen LogP) is 1.82. The van der Waals surface area contributed by atoms with Crippen molar-refractivity contribution >= 4 is 10.0 Å². The van der Waals surface area contributed by atoms with Crippen molar-refractivity contribution in [1.82, 2.24) is 4.72 Å². The molecular weight excluding hydrogens is 326 g/mol. The number of sulfonamides is 1. The molecule has 0 spiro atoms. The molecule has 2 N–H and O–H groups in total. The summed E-state index contributed by atoms with van der Waals surface area (Å²) in [5.41, 5.74) is 0.356. The van der Waals surface area contributed by atoms with Gasteiger partial charge in [0, 0.05) is 18.5 Å². The van der Waals surface area contributed by atoms with Gasteiger partial charge in [0.25, 0.3) is 0 Å². The summed E-state index contributed by atoms with van der Waals surface area (Å²) in [5.74, 6) is 0.598. The summed E-state index contributed by atoms with van der Waals surface area (Å²) >= 11 is 0. The Labute approximate surface area is 142 Å². The largest absolute Gasteiger partial charge is 0.493 e. The molecule has 0 aliphatic carbocycles. The van der Waals surface area contributed by atoms with Gasteiger partial charge in [0.15, 0.2) is 0 Å². The normalized spacial score (nSPS) is 20.2. The van der Waals surface area contributed by atoms with E-state index in [0.717, 1.165) is 5.56 Å². The number of aryl methyl sites for hydroxylation is 1. The first-order chi connectivity index (χ1) is 11.5. The van der Waals surface area contributed by atoms with E-state index in [4.69, 9.17) is 4.74 Å². The van der Waals surface area contributed by atoms with E-state index >= 15 is 0 Å². The molecule has 24 heavy (non-hydrogen) atoms. The zero-order valence-corrected chi connectivity index (χ0v) is 14.1. The summed E-state index contributed by atoms with van der Waals surface area (Å²) in [4.78, 5) is 0. The summed E-state index contributed by atoms with van der Waals surface area (Å²) in [6, 6.07) is 16.7. The van der Waals surface area contributed by atoms with Crippen LogP contribution in [0.25, 0.3) is 0 Å². The maximum absolute atomic E-state index is 12.2. The molecule has 0 amide bonds. The lowest BCUT2D eigenvalue weighted by Gasteiger charge is -2.34. The lowest BCUT2D eigenvalue weighted by molar-refractivity contribution is 0.00220. The molecule has 6 heteroatoms. The first-order valence-electron chi connectivity index (χ1n) is 7.94. The zero-order valence-electron chi connectivity index (χ0n) is 13.3. The third-order valence-corrected chi connectivity index (χ3v) is 5.57. The number of nitrogens with one attached hydrogen (secondary N) is 1. The molecule has 0 fully saturated rings. The van der Waals surface area contributed by atoms with Crippen molar-refractivity contribution in [3.05, 3.63) is 65.7 Å². The highest BCUT2D eigenvalue weighted by atomic mass is 32.2. The molecule has 1 aliphatic heterocycles. The number of hydrogen-bond donors (Lipinski definition) is 2. The average Bonchev–Trinajstić information content (AvgIpc) is 2.60. The highest BCUT2D eigenvalue weighted by Gasteiger charge is 2.36. The fraction of sp³-hybridized carbons (Fsp3) is 0.333. The molecule has 1 aliphatic rings. The van der Waals surface area contributed by atoms with Crippen LogP contribution in [-0.4, -0.2) is 32.4 Å². The number of aliphatic hydroxyl groups is 1. The Morgan fingerprint density at radius 2 is 1.79 bits per heavy atom. The Bertz CT molecular complexity index is 792. The topological polar surface area (TPSA) is 75.6 Å². The van der Waals surface area contributed by atoms with Gasteiger partial charge in [-0.15, -0.1) is 0 Å². The third-order valence-electron chi connectivity index (χ3n) is 4.25. The predicted molar refractivity (Wildman–Crippen MR) is 92.4 cm³/mol. The molecule has 1 heterocycles. The lowest BCUT2D eigenvalue weighted by Crippen LogP contribution is -2.44. The second-order valence-electron chi connectivity index (χ2n) is 6.00. The van der Waals surface area contributed by atoms with Crippen molar-refractivity contribution in [3.8, 4) is 5.75 Å². The van der Waals surface area contributed by atoms with Crippen LogP contribution in [0.1, 0.15) is 17.5 Å². The summed E-state index contributed by atoms with van der Waals surface area (Å²) < 4.78 is 32.6. The molecular formula is C18H21NO4S. The quantitative estimate of drug-likeness (QED) is 0.836. The molecule has 1 atom stereocenters. The first kappa shape index (κ1) is 17.0. The van der Waals surface area contributed by atoms with Gasteiger partial charge in [0.1, 0.15) is 11.4 Å². The SMILES string of the molecule is O=S(=O)(CCc1ccccc1)NC[C@]1(O)CCOc2ccccc21. The Morgan fingerprint density at radius 1 is 1.08 bits per heavy atom. The van der Waals surface area contributed by atoms with Crippen LogP contribution in [0.2, 0.25) is 0 Å². The van der Waals surface area contributed by atoms with Crippen molar-refractivity contribution in [2.24, 2.45) is 0 Å². The minimum atomic E-state index is -3.47. The Balaban J connectivity index is 1.64. The highest BCUT2D eigenvalue weighted by molar-refractivity contribution is 7.89. The molecule has 0 saturated carbocycles. The fourth-order valence-electron chi connectivity index (χ4n) is 2.82. The Kier molecular flexibility index (Phi) is 4.89. The summed E-state index contributed by atoms with van der Waals surface area (Å²) in [5, 5.41) is 10.9. The Hall–Kier alpha value is -1.89. The van der Waals surface area contributed by atoms with Crippen molar-refractivity contribution in [2.75, 3.05) is 18.9 Å². The molecule has 0 aromatic heterocycles. The van der Waals surface area contributed by atoms with Crippen molar-refractivity contribution < 1.29 is 18.3 Å². The highest BCUT2D eigenvalue weighted by Crippen LogP contribution is 2.36. The number of hydrogen-bond acceptors (Lipinski definition) is 4. The molecule has 128 valence electrons. The van der Waals surface area contributed by atoms with E-state index in [0.29, 0.717) is 30.8 Å². The lowest BCUT2D eigenvalue weighted by atomic mass is 9.88. The van der Waals surface area contributed by atoms with Crippen LogP contribution < -0.4 is 9.46 Å². The van der Waals surface area contributed by atoms with Crippen LogP contribution in [0, 0.1) is 0 Å². The molecule has 0 saturated heterocycles. The summed E-state index contributed by atoms with van der Waals surface area (Å²) in [7, 11) is -3.47. The van der Waals surface area contributed by atoms with Crippen molar-refractivity contribution in [1.29, 1.82) is 0 Å². The maximum atomic E-state index is 12.2. The van der Waals surface area contributed by atoms with Gasteiger partial charge in [-0.05, 0) is 18.1 Å². The second kappa shape index (κ2) is 6.93. The van der Waals surface area contributed by atoms with E-state index in [-0.39, 0.29) is 12.3 Å². The molecule has 3 rings (SSSR count). The average molecular weight is 347 g/mol. The van der Waals surface area contributed by atoms with Gasteiger partial charge >= 0.3 is 0 Å². The number of para-hydroxylation sites is 1. The van der Waals surface area contributed by atoms with Crippen LogP contribution >= 0.6 is 0 Å². The second-order valence-corrected chi connectivity index (χ2v) is 7.93. The van der Waals surface area contributed by atoms with Gasteiger partial charge in [-0.3, -0.25) is 0 Å². The fourth-order valence-corrected chi connectivity index (χ4v) is 3.93. The van der Waals surface area contributed by atoms with Gasteiger partial charge in [-0.25, -0.2) is 13.1 Å². The van der Waals surface area contributed by atoms with E-state index in [9.17, 15) is 13.5 Å². The van der Waals surface area contributed by atoms with E-state index < -0.39 is 15.6 Å². The minimum absolute atomic E-state index is 0.00869. The van der Waals surface area contributed by atoms with Crippen LogP contribution in [0.4, 0.5) is 0 Å². The van der Waals surface area contributed by atoms with E-state index in [1.54, 1.807) is 12.1 Å². The summed E-state index contributed by atoms with van der Waals surface area (Å²) in [6.45, 7) is 0.309.